The van der Waals surface area contributed by atoms with Gasteiger partial charge in [0.05, 0.1) is 6.54 Å². The average molecular weight is 343 g/mol. The normalized spacial score (nSPS) is 20.1. The minimum Gasteiger partial charge on any atom is -0.486 e. The molecule has 2 aliphatic rings. The summed E-state index contributed by atoms with van der Waals surface area (Å²) in [6, 6.07) is 6.66. The van der Waals surface area contributed by atoms with Crippen molar-refractivity contribution in [3.8, 4) is 11.5 Å². The molecule has 3 heterocycles. The Balaban J connectivity index is 1.46. The molecular weight excluding hydrogens is 318 g/mol. The minimum atomic E-state index is 0.363. The van der Waals surface area contributed by atoms with E-state index in [-0.39, 0.29) is 0 Å². The lowest BCUT2D eigenvalue weighted by Crippen LogP contribution is -2.23. The molecule has 25 heavy (non-hydrogen) atoms. The van der Waals surface area contributed by atoms with Gasteiger partial charge in [-0.25, -0.2) is 0 Å². The third kappa shape index (κ3) is 3.63. The Morgan fingerprint density at radius 1 is 1.20 bits per heavy atom. The van der Waals surface area contributed by atoms with Crippen LogP contribution in [0.15, 0.2) is 22.7 Å². The molecule has 0 saturated carbocycles. The predicted octanol–water partition coefficient (Wildman–Crippen LogP) is 3.52. The van der Waals surface area contributed by atoms with Crippen LogP contribution in [0.2, 0.25) is 0 Å². The lowest BCUT2D eigenvalue weighted by atomic mass is 10.0. The van der Waals surface area contributed by atoms with Gasteiger partial charge in [-0.2, -0.15) is 4.98 Å². The number of unbranched alkanes of at least 4 members (excludes halogenated alkanes) is 1. The molecule has 1 fully saturated rings. The van der Waals surface area contributed by atoms with Crippen molar-refractivity contribution in [3.05, 3.63) is 35.5 Å². The number of aryl methyl sites for hydroxylation is 1. The van der Waals surface area contributed by atoms with E-state index >= 15 is 0 Å². The molecule has 0 bridgehead atoms. The molecule has 1 atom stereocenters. The SMILES string of the molecule is CCCCc1noc(CN2CCCC2c2ccc3c(c2)OCCO3)n1. The lowest BCUT2D eigenvalue weighted by molar-refractivity contribution is 0.170. The van der Waals surface area contributed by atoms with Gasteiger partial charge in [0.25, 0.3) is 0 Å². The van der Waals surface area contributed by atoms with E-state index in [1.807, 2.05) is 6.07 Å². The highest BCUT2D eigenvalue weighted by molar-refractivity contribution is 5.44. The van der Waals surface area contributed by atoms with Gasteiger partial charge in [-0.3, -0.25) is 4.90 Å². The molecule has 2 aromatic rings. The van der Waals surface area contributed by atoms with Gasteiger partial charge in [-0.1, -0.05) is 24.6 Å². The number of likely N-dealkylation sites (tertiary alicyclic amines) is 1. The Kier molecular flexibility index (Phi) is 4.88. The monoisotopic (exact) mass is 343 g/mol. The van der Waals surface area contributed by atoms with Crippen LogP contribution >= 0.6 is 0 Å². The minimum absolute atomic E-state index is 0.363. The molecular formula is C19H25N3O3. The number of rotatable bonds is 6. The van der Waals surface area contributed by atoms with E-state index in [2.05, 4.69) is 34.1 Å². The summed E-state index contributed by atoms with van der Waals surface area (Å²) < 4.78 is 16.8. The summed E-state index contributed by atoms with van der Waals surface area (Å²) in [5.74, 6) is 3.25. The molecule has 1 unspecified atom stereocenters. The zero-order chi connectivity index (χ0) is 17.1. The molecule has 1 saturated heterocycles. The Morgan fingerprint density at radius 3 is 2.96 bits per heavy atom. The number of aromatic nitrogens is 2. The number of fused-ring (bicyclic) bond motifs is 1. The maximum Gasteiger partial charge on any atom is 0.240 e. The van der Waals surface area contributed by atoms with Crippen LogP contribution in [0.3, 0.4) is 0 Å². The van der Waals surface area contributed by atoms with Crippen LogP contribution in [0.4, 0.5) is 0 Å². The predicted molar refractivity (Wildman–Crippen MR) is 92.7 cm³/mol. The first-order chi connectivity index (χ1) is 12.3. The molecule has 6 nitrogen and oxygen atoms in total. The molecule has 1 aromatic carbocycles. The maximum atomic E-state index is 5.73. The molecule has 6 heteroatoms. The van der Waals surface area contributed by atoms with Crippen LogP contribution in [0.25, 0.3) is 0 Å². The van der Waals surface area contributed by atoms with Crippen LogP contribution in [0.1, 0.15) is 55.9 Å². The molecule has 0 spiro atoms. The van der Waals surface area contributed by atoms with Crippen molar-refractivity contribution in [1.82, 2.24) is 15.0 Å². The second-order valence-electron chi connectivity index (χ2n) is 6.74. The highest BCUT2D eigenvalue weighted by Crippen LogP contribution is 2.38. The Bertz CT molecular complexity index is 716. The fraction of sp³-hybridized carbons (Fsp3) is 0.579. The fourth-order valence-corrected chi connectivity index (χ4v) is 3.62. The summed E-state index contributed by atoms with van der Waals surface area (Å²) in [6.07, 6.45) is 5.45. The Hall–Kier alpha value is -2.08. The lowest BCUT2D eigenvalue weighted by Gasteiger charge is -2.25. The fourth-order valence-electron chi connectivity index (χ4n) is 3.62. The number of ether oxygens (including phenoxy) is 2. The van der Waals surface area contributed by atoms with Gasteiger partial charge in [0.2, 0.25) is 5.89 Å². The standard InChI is InChI=1S/C19H25N3O3/c1-2-3-6-18-20-19(25-21-18)13-22-9-4-5-15(22)14-7-8-16-17(12-14)24-11-10-23-16/h7-8,12,15H,2-6,9-11,13H2,1H3. The molecule has 1 aromatic heterocycles. The van der Waals surface area contributed by atoms with Crippen molar-refractivity contribution in [3.63, 3.8) is 0 Å². The Labute approximate surface area is 148 Å². The van der Waals surface area contributed by atoms with Crippen LogP contribution in [-0.2, 0) is 13.0 Å². The van der Waals surface area contributed by atoms with Gasteiger partial charge in [0.15, 0.2) is 17.3 Å². The number of benzene rings is 1. The summed E-state index contributed by atoms with van der Waals surface area (Å²) >= 11 is 0. The third-order valence-electron chi connectivity index (χ3n) is 4.92. The van der Waals surface area contributed by atoms with Crippen LogP contribution in [0, 0.1) is 0 Å². The Morgan fingerprint density at radius 2 is 2.08 bits per heavy atom. The zero-order valence-electron chi connectivity index (χ0n) is 14.7. The molecule has 4 rings (SSSR count). The van der Waals surface area contributed by atoms with Crippen LogP contribution in [-0.4, -0.2) is 34.8 Å². The van der Waals surface area contributed by atoms with E-state index in [0.29, 0.717) is 25.8 Å². The number of nitrogens with zero attached hydrogens (tertiary/aromatic N) is 3. The molecule has 2 aliphatic heterocycles. The van der Waals surface area contributed by atoms with Crippen molar-refractivity contribution in [1.29, 1.82) is 0 Å². The van der Waals surface area contributed by atoms with E-state index in [9.17, 15) is 0 Å². The smallest absolute Gasteiger partial charge is 0.240 e. The maximum absolute atomic E-state index is 5.73. The summed E-state index contributed by atoms with van der Waals surface area (Å²) in [5, 5.41) is 4.10. The summed E-state index contributed by atoms with van der Waals surface area (Å²) in [4.78, 5) is 6.96. The van der Waals surface area contributed by atoms with Gasteiger partial charge in [-0.15, -0.1) is 0 Å². The molecule has 134 valence electrons. The van der Waals surface area contributed by atoms with Gasteiger partial charge in [0.1, 0.15) is 13.2 Å². The summed E-state index contributed by atoms with van der Waals surface area (Å²) in [7, 11) is 0. The van der Waals surface area contributed by atoms with Crippen molar-refractivity contribution >= 4 is 0 Å². The quantitative estimate of drug-likeness (QED) is 0.800. The highest BCUT2D eigenvalue weighted by atomic mass is 16.6. The van der Waals surface area contributed by atoms with E-state index < -0.39 is 0 Å². The first-order valence-corrected chi connectivity index (χ1v) is 9.28. The molecule has 0 radical (unpaired) electrons. The van der Waals surface area contributed by atoms with Crippen molar-refractivity contribution in [2.75, 3.05) is 19.8 Å². The number of hydrogen-bond donors (Lipinski definition) is 0. The van der Waals surface area contributed by atoms with Crippen molar-refractivity contribution in [2.45, 2.75) is 51.6 Å². The van der Waals surface area contributed by atoms with E-state index in [1.165, 1.54) is 12.0 Å². The number of hydrogen-bond acceptors (Lipinski definition) is 6. The topological polar surface area (TPSA) is 60.6 Å². The zero-order valence-corrected chi connectivity index (χ0v) is 14.7. The van der Waals surface area contributed by atoms with E-state index in [1.54, 1.807) is 0 Å². The van der Waals surface area contributed by atoms with E-state index in [0.717, 1.165) is 55.4 Å². The second-order valence-corrected chi connectivity index (χ2v) is 6.74. The molecule has 0 N–H and O–H groups in total. The molecule has 0 aliphatic carbocycles. The van der Waals surface area contributed by atoms with Crippen molar-refractivity contribution < 1.29 is 14.0 Å². The third-order valence-corrected chi connectivity index (χ3v) is 4.92. The van der Waals surface area contributed by atoms with Gasteiger partial charge in [0, 0.05) is 12.5 Å². The van der Waals surface area contributed by atoms with Crippen molar-refractivity contribution in [2.24, 2.45) is 0 Å². The van der Waals surface area contributed by atoms with Gasteiger partial charge in [-0.05, 0) is 43.5 Å². The second kappa shape index (κ2) is 7.44. The average Bonchev–Trinajstić information content (AvgIpc) is 3.29. The summed E-state index contributed by atoms with van der Waals surface area (Å²) in [6.45, 7) is 5.17. The van der Waals surface area contributed by atoms with Crippen LogP contribution in [0.5, 0.6) is 11.5 Å². The molecule has 0 amide bonds. The van der Waals surface area contributed by atoms with Crippen LogP contribution < -0.4 is 9.47 Å². The first-order valence-electron chi connectivity index (χ1n) is 9.28. The van der Waals surface area contributed by atoms with Gasteiger partial charge >= 0.3 is 0 Å². The first kappa shape index (κ1) is 16.4. The summed E-state index contributed by atoms with van der Waals surface area (Å²) in [5.41, 5.74) is 1.27. The largest absolute Gasteiger partial charge is 0.486 e. The highest BCUT2D eigenvalue weighted by Gasteiger charge is 2.28. The van der Waals surface area contributed by atoms with E-state index in [4.69, 9.17) is 14.0 Å². The van der Waals surface area contributed by atoms with Gasteiger partial charge < -0.3 is 14.0 Å².